The Kier molecular flexibility index (Phi) is 5.64. The van der Waals surface area contributed by atoms with Gasteiger partial charge >= 0.3 is 0 Å². The van der Waals surface area contributed by atoms with Gasteiger partial charge in [-0.25, -0.2) is 4.52 Å². The Balaban J connectivity index is 0.000000458. The molecule has 1 amide bonds. The van der Waals surface area contributed by atoms with E-state index in [4.69, 9.17) is 4.98 Å². The van der Waals surface area contributed by atoms with E-state index in [9.17, 15) is 4.79 Å². The van der Waals surface area contributed by atoms with Gasteiger partial charge in [0.1, 0.15) is 11.3 Å². The summed E-state index contributed by atoms with van der Waals surface area (Å²) in [7, 11) is 0. The average Bonchev–Trinajstić information content (AvgIpc) is 3.13. The Morgan fingerprint density at radius 3 is 2.59 bits per heavy atom. The maximum atomic E-state index is 11.2. The van der Waals surface area contributed by atoms with Crippen molar-refractivity contribution < 1.29 is 4.79 Å². The number of H-pyrrole nitrogens is 1. The highest BCUT2D eigenvalue weighted by Gasteiger charge is 2.22. The Morgan fingerprint density at radius 1 is 1.21 bits per heavy atom. The monoisotopic (exact) mass is 396 g/mol. The summed E-state index contributed by atoms with van der Waals surface area (Å²) in [4.78, 5) is 18.1. The lowest BCUT2D eigenvalue weighted by molar-refractivity contribution is -0.119. The molecule has 9 heteroatoms. The van der Waals surface area contributed by atoms with Crippen molar-refractivity contribution in [3.63, 3.8) is 0 Å². The molecule has 3 aromatic heterocycles. The van der Waals surface area contributed by atoms with E-state index in [0.717, 1.165) is 49.0 Å². The molecule has 5 rings (SSSR count). The van der Waals surface area contributed by atoms with Crippen LogP contribution in [0.15, 0.2) is 30.6 Å². The van der Waals surface area contributed by atoms with E-state index < -0.39 is 0 Å². The molecule has 0 spiro atoms. The third-order valence-corrected chi connectivity index (χ3v) is 5.18. The van der Waals surface area contributed by atoms with E-state index in [1.807, 2.05) is 28.9 Å². The van der Waals surface area contributed by atoms with Gasteiger partial charge in [0.05, 0.1) is 6.20 Å². The quantitative estimate of drug-likeness (QED) is 0.627. The molecule has 0 atom stereocenters. The molecular formula is C20H28N8O. The number of hydrogen-bond acceptors (Lipinski definition) is 6. The van der Waals surface area contributed by atoms with Crippen LogP contribution in [-0.2, 0) is 4.79 Å². The number of amides is 1. The molecule has 1 saturated carbocycles. The van der Waals surface area contributed by atoms with E-state index in [0.29, 0.717) is 5.95 Å². The lowest BCUT2D eigenvalue weighted by Crippen LogP contribution is -2.44. The first-order chi connectivity index (χ1) is 14.1. The Hall–Kier alpha value is -3.10. The molecule has 4 heterocycles. The number of carbonyl (C=O) groups excluding carboxylic acids is 1. The SMILES string of the molecule is CC(=O)NC1CCN(c2nc(Nc3ccn[nH]3)c3cccn3n2)CC1.CC1CC1. The van der Waals surface area contributed by atoms with Crippen LogP contribution in [0.5, 0.6) is 0 Å². The van der Waals surface area contributed by atoms with Crippen molar-refractivity contribution in [1.82, 2.24) is 30.1 Å². The molecular weight excluding hydrogens is 368 g/mol. The molecule has 0 aromatic carbocycles. The third kappa shape index (κ3) is 5.04. The van der Waals surface area contributed by atoms with Gasteiger partial charge in [-0.2, -0.15) is 10.1 Å². The predicted octanol–water partition coefficient (Wildman–Crippen LogP) is 2.72. The normalized spacial score (nSPS) is 17.0. The Morgan fingerprint density at radius 2 is 1.97 bits per heavy atom. The van der Waals surface area contributed by atoms with Gasteiger partial charge in [-0.15, -0.1) is 5.10 Å². The van der Waals surface area contributed by atoms with Gasteiger partial charge < -0.3 is 15.5 Å². The van der Waals surface area contributed by atoms with Crippen molar-refractivity contribution >= 4 is 29.0 Å². The van der Waals surface area contributed by atoms with Crippen LogP contribution < -0.4 is 15.5 Å². The van der Waals surface area contributed by atoms with Crippen LogP contribution in [-0.4, -0.2) is 49.8 Å². The first kappa shape index (κ1) is 19.2. The Bertz CT molecular complexity index is 939. The fraction of sp³-hybridized carbons (Fsp3) is 0.500. The minimum Gasteiger partial charge on any atom is -0.353 e. The maximum absolute atomic E-state index is 11.2. The molecule has 1 saturated heterocycles. The summed E-state index contributed by atoms with van der Waals surface area (Å²) in [6.07, 6.45) is 8.33. The van der Waals surface area contributed by atoms with Crippen molar-refractivity contribution in [2.75, 3.05) is 23.3 Å². The molecule has 2 fully saturated rings. The molecule has 29 heavy (non-hydrogen) atoms. The van der Waals surface area contributed by atoms with Crippen LogP contribution in [0.25, 0.3) is 5.52 Å². The molecule has 1 aliphatic heterocycles. The van der Waals surface area contributed by atoms with E-state index in [1.165, 1.54) is 12.8 Å². The van der Waals surface area contributed by atoms with Crippen LogP contribution in [0.1, 0.15) is 39.5 Å². The number of fused-ring (bicyclic) bond motifs is 1. The summed E-state index contributed by atoms with van der Waals surface area (Å²) in [5.74, 6) is 3.28. The molecule has 3 N–H and O–H groups in total. The van der Waals surface area contributed by atoms with Gasteiger partial charge in [0.25, 0.3) is 0 Å². The molecule has 0 bridgehead atoms. The number of piperidine rings is 1. The predicted molar refractivity (Wildman–Crippen MR) is 112 cm³/mol. The molecule has 0 radical (unpaired) electrons. The van der Waals surface area contributed by atoms with Crippen molar-refractivity contribution in [3.05, 3.63) is 30.6 Å². The minimum atomic E-state index is 0.0227. The number of nitrogens with one attached hydrogen (secondary N) is 3. The van der Waals surface area contributed by atoms with Gasteiger partial charge in [0.2, 0.25) is 11.9 Å². The summed E-state index contributed by atoms with van der Waals surface area (Å²) >= 11 is 0. The van der Waals surface area contributed by atoms with Gasteiger partial charge in [0.15, 0.2) is 5.82 Å². The number of aromatic amines is 1. The molecule has 0 unspecified atom stereocenters. The highest BCUT2D eigenvalue weighted by molar-refractivity contribution is 5.73. The van der Waals surface area contributed by atoms with Gasteiger partial charge in [0, 0.05) is 38.3 Å². The first-order valence-electron chi connectivity index (χ1n) is 10.2. The minimum absolute atomic E-state index is 0.0227. The maximum Gasteiger partial charge on any atom is 0.245 e. The lowest BCUT2D eigenvalue weighted by atomic mass is 10.1. The zero-order valence-electron chi connectivity index (χ0n) is 16.9. The number of anilines is 3. The zero-order valence-corrected chi connectivity index (χ0v) is 16.9. The Labute approximate surface area is 169 Å². The van der Waals surface area contributed by atoms with Crippen LogP contribution in [0, 0.1) is 5.92 Å². The third-order valence-electron chi connectivity index (χ3n) is 5.18. The number of nitrogens with zero attached hydrogens (tertiary/aromatic N) is 5. The molecule has 1 aliphatic carbocycles. The number of aromatic nitrogens is 5. The standard InChI is InChI=1S/C16H20N8O.C4H8/c1-11(25)18-12-5-9-23(10-6-12)16-20-15(19-14-4-7-17-21-14)13-3-2-8-24(13)22-16;1-4-2-3-4/h2-4,7-8,12H,5-6,9-10H2,1H3,(H,18,25)(H2,17,19,20,21,22);4H,2-3H2,1H3. The highest BCUT2D eigenvalue weighted by Crippen LogP contribution is 2.26. The van der Waals surface area contributed by atoms with Crippen molar-refractivity contribution in [3.8, 4) is 0 Å². The van der Waals surface area contributed by atoms with E-state index in [-0.39, 0.29) is 11.9 Å². The summed E-state index contributed by atoms with van der Waals surface area (Å²) in [5.41, 5.74) is 0.895. The second-order valence-corrected chi connectivity index (χ2v) is 7.84. The molecule has 2 aliphatic rings. The van der Waals surface area contributed by atoms with Crippen LogP contribution in [0.4, 0.5) is 17.6 Å². The van der Waals surface area contributed by atoms with Crippen LogP contribution >= 0.6 is 0 Å². The van der Waals surface area contributed by atoms with Crippen LogP contribution in [0.3, 0.4) is 0 Å². The zero-order chi connectivity index (χ0) is 20.2. The number of carbonyl (C=O) groups is 1. The topological polar surface area (TPSA) is 103 Å². The summed E-state index contributed by atoms with van der Waals surface area (Å²) < 4.78 is 1.82. The summed E-state index contributed by atoms with van der Waals surface area (Å²) in [6, 6.07) is 5.98. The smallest absolute Gasteiger partial charge is 0.245 e. The van der Waals surface area contributed by atoms with Gasteiger partial charge in [-0.05, 0) is 30.9 Å². The second-order valence-electron chi connectivity index (χ2n) is 7.84. The molecule has 154 valence electrons. The van der Waals surface area contributed by atoms with E-state index in [1.54, 1.807) is 13.1 Å². The van der Waals surface area contributed by atoms with Crippen molar-refractivity contribution in [2.24, 2.45) is 5.92 Å². The largest absolute Gasteiger partial charge is 0.353 e. The van der Waals surface area contributed by atoms with Gasteiger partial charge in [-0.3, -0.25) is 9.89 Å². The van der Waals surface area contributed by atoms with Crippen molar-refractivity contribution in [2.45, 2.75) is 45.6 Å². The van der Waals surface area contributed by atoms with E-state index in [2.05, 4.69) is 37.8 Å². The fourth-order valence-electron chi connectivity index (χ4n) is 3.28. The first-order valence-corrected chi connectivity index (χ1v) is 10.2. The molecule has 3 aromatic rings. The number of rotatable bonds is 4. The summed E-state index contributed by atoms with van der Waals surface area (Å²) in [5, 5.41) is 17.7. The lowest BCUT2D eigenvalue weighted by Gasteiger charge is -2.32. The van der Waals surface area contributed by atoms with E-state index >= 15 is 0 Å². The summed E-state index contributed by atoms with van der Waals surface area (Å²) in [6.45, 7) is 5.45. The van der Waals surface area contributed by atoms with Crippen LogP contribution in [0.2, 0.25) is 0 Å². The van der Waals surface area contributed by atoms with Crippen molar-refractivity contribution in [1.29, 1.82) is 0 Å². The fourth-order valence-corrected chi connectivity index (χ4v) is 3.28. The number of hydrogen-bond donors (Lipinski definition) is 3. The van der Waals surface area contributed by atoms with Gasteiger partial charge in [-0.1, -0.05) is 19.8 Å². The molecule has 9 nitrogen and oxygen atoms in total. The average molecular weight is 396 g/mol. The second kappa shape index (κ2) is 8.50. The highest BCUT2D eigenvalue weighted by atomic mass is 16.1.